The standard InChI is InChI=1S/C31H48O5Si/c1-30(2,3)37(6,7)36-24-31(4,5)29(35-23-26-16-12-9-13-17-26)21-28(33)20-27(32)18-19-34-22-25-14-10-8-11-15-25/h8-17,28-29,33H,18-24H2,1-7H3/t28-,29+/m1/s1. The van der Waals surface area contributed by atoms with Gasteiger partial charge in [-0.3, -0.25) is 4.79 Å². The van der Waals surface area contributed by atoms with Crippen molar-refractivity contribution in [2.24, 2.45) is 5.41 Å². The van der Waals surface area contributed by atoms with Gasteiger partial charge in [-0.05, 0) is 29.3 Å². The van der Waals surface area contributed by atoms with E-state index in [0.717, 1.165) is 11.1 Å². The summed E-state index contributed by atoms with van der Waals surface area (Å²) in [6.45, 7) is 17.3. The van der Waals surface area contributed by atoms with E-state index < -0.39 is 14.4 Å². The first kappa shape index (κ1) is 31.4. The Bertz CT molecular complexity index is 922. The van der Waals surface area contributed by atoms with Crippen molar-refractivity contribution in [2.45, 2.75) is 97.4 Å². The van der Waals surface area contributed by atoms with E-state index in [9.17, 15) is 9.90 Å². The van der Waals surface area contributed by atoms with Crippen LogP contribution in [-0.4, -0.2) is 44.6 Å². The lowest BCUT2D eigenvalue weighted by molar-refractivity contribution is -0.123. The fraction of sp³-hybridized carbons (Fsp3) is 0.581. The zero-order valence-corrected chi connectivity index (χ0v) is 25.0. The highest BCUT2D eigenvalue weighted by molar-refractivity contribution is 6.74. The molecule has 2 atom stereocenters. The van der Waals surface area contributed by atoms with E-state index in [4.69, 9.17) is 13.9 Å². The predicted molar refractivity (Wildman–Crippen MR) is 153 cm³/mol. The van der Waals surface area contributed by atoms with Crippen molar-refractivity contribution in [2.75, 3.05) is 13.2 Å². The van der Waals surface area contributed by atoms with Crippen LogP contribution in [0.5, 0.6) is 0 Å². The highest BCUT2D eigenvalue weighted by atomic mass is 28.4. The average molecular weight is 529 g/mol. The molecule has 0 bridgehead atoms. The molecule has 0 aliphatic carbocycles. The van der Waals surface area contributed by atoms with Gasteiger partial charge in [0.15, 0.2) is 8.32 Å². The first-order valence-electron chi connectivity index (χ1n) is 13.4. The number of ketones is 1. The summed E-state index contributed by atoms with van der Waals surface area (Å²) in [4.78, 5) is 12.5. The Morgan fingerprint density at radius 2 is 1.43 bits per heavy atom. The molecule has 0 aliphatic rings. The second-order valence-corrected chi connectivity index (χ2v) is 17.1. The Morgan fingerprint density at radius 3 is 1.97 bits per heavy atom. The summed E-state index contributed by atoms with van der Waals surface area (Å²) >= 11 is 0. The van der Waals surface area contributed by atoms with Gasteiger partial charge in [0, 0.05) is 31.3 Å². The number of aliphatic hydroxyl groups excluding tert-OH is 1. The molecule has 2 aromatic rings. The van der Waals surface area contributed by atoms with E-state index in [2.05, 4.69) is 47.7 Å². The molecule has 0 spiro atoms. The molecule has 0 aliphatic heterocycles. The lowest BCUT2D eigenvalue weighted by Crippen LogP contribution is -2.46. The maximum absolute atomic E-state index is 12.5. The summed E-state index contributed by atoms with van der Waals surface area (Å²) in [5.74, 6) is -0.00213. The second kappa shape index (κ2) is 14.4. The van der Waals surface area contributed by atoms with Crippen molar-refractivity contribution >= 4 is 14.1 Å². The number of aliphatic hydroxyl groups is 1. The number of carbonyl (C=O) groups excluding carboxylic acids is 1. The number of Topliss-reactive ketones (excluding diaryl/α,β-unsaturated/α-hetero) is 1. The second-order valence-electron chi connectivity index (χ2n) is 12.2. The normalized spacial score (nSPS) is 14.4. The van der Waals surface area contributed by atoms with Gasteiger partial charge in [-0.1, -0.05) is 95.3 Å². The highest BCUT2D eigenvalue weighted by Gasteiger charge is 2.40. The van der Waals surface area contributed by atoms with Crippen molar-refractivity contribution in [1.82, 2.24) is 0 Å². The van der Waals surface area contributed by atoms with Crippen molar-refractivity contribution in [3.05, 3.63) is 71.8 Å². The van der Waals surface area contributed by atoms with Crippen LogP contribution >= 0.6 is 0 Å². The quantitative estimate of drug-likeness (QED) is 0.189. The van der Waals surface area contributed by atoms with Gasteiger partial charge in [-0.25, -0.2) is 0 Å². The Balaban J connectivity index is 1.94. The first-order chi connectivity index (χ1) is 17.3. The highest BCUT2D eigenvalue weighted by Crippen LogP contribution is 2.39. The van der Waals surface area contributed by atoms with Gasteiger partial charge in [0.2, 0.25) is 0 Å². The van der Waals surface area contributed by atoms with E-state index in [1.54, 1.807) is 0 Å². The third-order valence-electron chi connectivity index (χ3n) is 7.36. The molecule has 2 rings (SSSR count). The lowest BCUT2D eigenvalue weighted by Gasteiger charge is -2.41. The molecule has 6 heteroatoms. The Morgan fingerprint density at radius 1 is 0.892 bits per heavy atom. The van der Waals surface area contributed by atoms with Crippen LogP contribution in [0.1, 0.15) is 65.0 Å². The van der Waals surface area contributed by atoms with Crippen LogP contribution in [0.25, 0.3) is 0 Å². The maximum atomic E-state index is 12.5. The minimum absolute atomic E-state index is 0.00213. The van der Waals surface area contributed by atoms with E-state index in [1.165, 1.54) is 0 Å². The fourth-order valence-electron chi connectivity index (χ4n) is 3.71. The molecule has 0 radical (unpaired) electrons. The largest absolute Gasteiger partial charge is 0.416 e. The van der Waals surface area contributed by atoms with Gasteiger partial charge in [-0.15, -0.1) is 0 Å². The molecule has 0 amide bonds. The van der Waals surface area contributed by atoms with Crippen LogP contribution in [0.2, 0.25) is 18.1 Å². The van der Waals surface area contributed by atoms with Gasteiger partial charge in [0.25, 0.3) is 0 Å². The molecule has 1 N–H and O–H groups in total. The number of hydrogen-bond donors (Lipinski definition) is 1. The van der Waals surface area contributed by atoms with Gasteiger partial charge in [0.05, 0.1) is 32.0 Å². The molecular formula is C31H48O5Si. The molecule has 0 unspecified atom stereocenters. The topological polar surface area (TPSA) is 65.0 Å². The van der Waals surface area contributed by atoms with Crippen molar-refractivity contribution in [3.8, 4) is 0 Å². The monoisotopic (exact) mass is 528 g/mol. The van der Waals surface area contributed by atoms with Crippen molar-refractivity contribution in [3.63, 3.8) is 0 Å². The number of ether oxygens (including phenoxy) is 2. The number of rotatable bonds is 16. The molecular weight excluding hydrogens is 480 g/mol. The van der Waals surface area contributed by atoms with Gasteiger partial charge in [0.1, 0.15) is 5.78 Å². The third-order valence-corrected chi connectivity index (χ3v) is 11.8. The Hall–Kier alpha value is -1.83. The summed E-state index contributed by atoms with van der Waals surface area (Å²) in [5.41, 5.74) is 1.82. The summed E-state index contributed by atoms with van der Waals surface area (Å²) in [7, 11) is -1.94. The van der Waals surface area contributed by atoms with E-state index in [1.807, 2.05) is 60.7 Å². The Kier molecular flexibility index (Phi) is 12.2. The SMILES string of the molecule is CC(C)(CO[Si](C)(C)C(C)(C)C)[C@H](C[C@H](O)CC(=O)CCOCc1ccccc1)OCc1ccccc1. The summed E-state index contributed by atoms with van der Waals surface area (Å²) in [5, 5.41) is 11.0. The van der Waals surface area contributed by atoms with E-state index in [0.29, 0.717) is 32.8 Å². The van der Waals surface area contributed by atoms with Crippen molar-refractivity contribution in [1.29, 1.82) is 0 Å². The average Bonchev–Trinajstić information content (AvgIpc) is 2.84. The molecule has 0 saturated carbocycles. The minimum Gasteiger partial charge on any atom is -0.416 e. The lowest BCUT2D eigenvalue weighted by atomic mass is 9.83. The maximum Gasteiger partial charge on any atom is 0.192 e. The summed E-state index contributed by atoms with van der Waals surface area (Å²) in [6.07, 6.45) is -0.294. The molecule has 37 heavy (non-hydrogen) atoms. The molecule has 0 aromatic heterocycles. The summed E-state index contributed by atoms with van der Waals surface area (Å²) < 4.78 is 18.6. The summed E-state index contributed by atoms with van der Waals surface area (Å²) in [6, 6.07) is 19.9. The Labute approximate surface area is 225 Å². The van der Waals surface area contributed by atoms with Crippen LogP contribution in [0, 0.1) is 5.41 Å². The zero-order valence-electron chi connectivity index (χ0n) is 24.0. The minimum atomic E-state index is -1.94. The van der Waals surface area contributed by atoms with Crippen molar-refractivity contribution < 1.29 is 23.8 Å². The smallest absolute Gasteiger partial charge is 0.192 e. The van der Waals surface area contributed by atoms with Gasteiger partial charge < -0.3 is 19.0 Å². The van der Waals surface area contributed by atoms with Crippen LogP contribution < -0.4 is 0 Å². The molecule has 0 saturated heterocycles. The number of hydrogen-bond acceptors (Lipinski definition) is 5. The molecule has 5 nitrogen and oxygen atoms in total. The van der Waals surface area contributed by atoms with E-state index >= 15 is 0 Å². The van der Waals surface area contributed by atoms with Gasteiger partial charge in [-0.2, -0.15) is 0 Å². The predicted octanol–water partition coefficient (Wildman–Crippen LogP) is 6.94. The number of carbonyl (C=O) groups is 1. The van der Waals surface area contributed by atoms with Crippen LogP contribution in [0.15, 0.2) is 60.7 Å². The molecule has 0 heterocycles. The van der Waals surface area contributed by atoms with Gasteiger partial charge >= 0.3 is 0 Å². The fourth-order valence-corrected chi connectivity index (χ4v) is 4.87. The van der Waals surface area contributed by atoms with Crippen LogP contribution in [0.4, 0.5) is 0 Å². The molecule has 2 aromatic carbocycles. The van der Waals surface area contributed by atoms with Crippen LogP contribution in [-0.2, 0) is 31.9 Å². The molecule has 206 valence electrons. The molecule has 0 fully saturated rings. The first-order valence-corrected chi connectivity index (χ1v) is 16.3. The number of benzene rings is 2. The van der Waals surface area contributed by atoms with Crippen LogP contribution in [0.3, 0.4) is 0 Å². The zero-order chi connectivity index (χ0) is 27.5. The third kappa shape index (κ3) is 11.2. The van der Waals surface area contributed by atoms with E-state index in [-0.39, 0.29) is 35.2 Å².